The Bertz CT molecular complexity index is 1180. The zero-order valence-corrected chi connectivity index (χ0v) is 19.5. The summed E-state index contributed by atoms with van der Waals surface area (Å²) in [6.07, 6.45) is 0.984. The molecular weight excluding hydrogens is 491 g/mol. The molecule has 0 unspecified atom stereocenters. The van der Waals surface area contributed by atoms with Gasteiger partial charge in [-0.2, -0.15) is 0 Å². The van der Waals surface area contributed by atoms with Crippen LogP contribution in [0.25, 0.3) is 10.6 Å². The second-order valence-electron chi connectivity index (χ2n) is 6.24. The molecule has 1 atom stereocenters. The highest BCUT2D eigenvalue weighted by molar-refractivity contribution is 7.92. The molecule has 0 bridgehead atoms. The molecule has 1 N–H and O–H groups in total. The van der Waals surface area contributed by atoms with Crippen LogP contribution in [-0.4, -0.2) is 36.8 Å². The average Bonchev–Trinajstić information content (AvgIpc) is 3.12. The van der Waals surface area contributed by atoms with Gasteiger partial charge in [0.1, 0.15) is 11.0 Å². The third kappa shape index (κ3) is 5.22. The van der Waals surface area contributed by atoms with Gasteiger partial charge in [0, 0.05) is 15.6 Å². The molecule has 0 aliphatic carbocycles. The first kappa shape index (κ1) is 22.8. The molecule has 0 fully saturated rings. The number of nitrogens with one attached hydrogen (secondary N) is 1. The summed E-state index contributed by atoms with van der Waals surface area (Å²) >= 11 is 19.2. The first-order valence-electron chi connectivity index (χ1n) is 8.41. The van der Waals surface area contributed by atoms with Crippen molar-refractivity contribution in [1.82, 2.24) is 10.2 Å². The van der Waals surface area contributed by atoms with Crippen molar-refractivity contribution in [2.24, 2.45) is 0 Å². The Morgan fingerprint density at radius 3 is 2.33 bits per heavy atom. The number of halogens is 3. The summed E-state index contributed by atoms with van der Waals surface area (Å²) in [5.74, 6) is -0.602. The lowest BCUT2D eigenvalue weighted by Gasteiger charge is -2.28. The molecule has 1 amide bonds. The second kappa shape index (κ2) is 9.07. The number of carbonyl (C=O) groups is 1. The van der Waals surface area contributed by atoms with Gasteiger partial charge in [0.15, 0.2) is 0 Å². The summed E-state index contributed by atoms with van der Waals surface area (Å²) in [5, 5.41) is 12.4. The number of amides is 1. The lowest BCUT2D eigenvalue weighted by Crippen LogP contribution is -2.45. The lowest BCUT2D eigenvalue weighted by atomic mass is 10.2. The van der Waals surface area contributed by atoms with E-state index in [-0.39, 0.29) is 20.9 Å². The molecule has 1 heterocycles. The molecule has 158 valence electrons. The predicted molar refractivity (Wildman–Crippen MR) is 122 cm³/mol. The first-order chi connectivity index (χ1) is 14.1. The standard InChI is InChI=1S/C18H15Cl3N4O3S2/c1-10(25(30(2,27)28)15-9-13(20)7-8-14(15)21)16(26)22-18-24-23-17(29-18)11-3-5-12(19)6-4-11/h3-10H,1-2H3,(H,22,24,26)/t10-/m1/s1. The molecule has 30 heavy (non-hydrogen) atoms. The van der Waals surface area contributed by atoms with Crippen LogP contribution in [0, 0.1) is 0 Å². The van der Waals surface area contributed by atoms with Crippen molar-refractivity contribution in [2.75, 3.05) is 15.9 Å². The van der Waals surface area contributed by atoms with E-state index in [0.717, 1.165) is 27.5 Å². The molecule has 0 radical (unpaired) electrons. The minimum atomic E-state index is -3.85. The maximum absolute atomic E-state index is 12.8. The van der Waals surface area contributed by atoms with Crippen LogP contribution in [0.4, 0.5) is 10.8 Å². The van der Waals surface area contributed by atoms with Gasteiger partial charge in [-0.05, 0) is 37.3 Å². The monoisotopic (exact) mass is 504 g/mol. The normalized spacial score (nSPS) is 12.4. The van der Waals surface area contributed by atoms with Gasteiger partial charge in [-0.1, -0.05) is 58.3 Å². The molecule has 7 nitrogen and oxygen atoms in total. The van der Waals surface area contributed by atoms with E-state index in [1.165, 1.54) is 25.1 Å². The van der Waals surface area contributed by atoms with E-state index >= 15 is 0 Å². The fraction of sp³-hybridized carbons (Fsp3) is 0.167. The Morgan fingerprint density at radius 1 is 1.07 bits per heavy atom. The Balaban J connectivity index is 1.84. The van der Waals surface area contributed by atoms with Crippen LogP contribution < -0.4 is 9.62 Å². The summed E-state index contributed by atoms with van der Waals surface area (Å²) < 4.78 is 25.8. The molecule has 0 aliphatic heterocycles. The molecule has 0 saturated carbocycles. The Morgan fingerprint density at radius 2 is 1.70 bits per heavy atom. The SMILES string of the molecule is C[C@H](C(=O)Nc1nnc(-c2ccc(Cl)cc2)s1)N(c1cc(Cl)ccc1Cl)S(C)(=O)=O. The third-order valence-corrected chi connectivity index (χ3v) is 6.90. The van der Waals surface area contributed by atoms with Crippen molar-refractivity contribution in [3.05, 3.63) is 57.5 Å². The fourth-order valence-electron chi connectivity index (χ4n) is 2.63. The number of sulfonamides is 1. The number of hydrogen-bond acceptors (Lipinski definition) is 6. The number of carbonyl (C=O) groups excluding carboxylic acids is 1. The van der Waals surface area contributed by atoms with Crippen molar-refractivity contribution in [1.29, 1.82) is 0 Å². The zero-order chi connectivity index (χ0) is 22.1. The molecule has 3 aromatic rings. The summed E-state index contributed by atoms with van der Waals surface area (Å²) in [4.78, 5) is 12.8. The summed E-state index contributed by atoms with van der Waals surface area (Å²) in [6, 6.07) is 10.3. The summed E-state index contributed by atoms with van der Waals surface area (Å²) in [5.41, 5.74) is 0.891. The highest BCUT2D eigenvalue weighted by Gasteiger charge is 2.31. The molecule has 0 aliphatic rings. The highest BCUT2D eigenvalue weighted by atomic mass is 35.5. The maximum Gasteiger partial charge on any atom is 0.249 e. The van der Waals surface area contributed by atoms with E-state index < -0.39 is 22.0 Å². The second-order valence-corrected chi connectivity index (χ2v) is 10.4. The van der Waals surface area contributed by atoms with E-state index in [1.54, 1.807) is 24.3 Å². The average molecular weight is 506 g/mol. The highest BCUT2D eigenvalue weighted by Crippen LogP contribution is 2.33. The van der Waals surface area contributed by atoms with Gasteiger partial charge >= 0.3 is 0 Å². The van der Waals surface area contributed by atoms with Crippen molar-refractivity contribution in [3.8, 4) is 10.6 Å². The van der Waals surface area contributed by atoms with Crippen molar-refractivity contribution in [3.63, 3.8) is 0 Å². The van der Waals surface area contributed by atoms with Gasteiger partial charge in [-0.15, -0.1) is 10.2 Å². The summed E-state index contributed by atoms with van der Waals surface area (Å²) in [7, 11) is -3.85. The van der Waals surface area contributed by atoms with Crippen molar-refractivity contribution in [2.45, 2.75) is 13.0 Å². The van der Waals surface area contributed by atoms with E-state index in [4.69, 9.17) is 34.8 Å². The van der Waals surface area contributed by atoms with Crippen LogP contribution in [0.2, 0.25) is 15.1 Å². The molecule has 3 rings (SSSR count). The van der Waals surface area contributed by atoms with Crippen LogP contribution in [0.5, 0.6) is 0 Å². The third-order valence-electron chi connectivity index (χ3n) is 3.98. The van der Waals surface area contributed by atoms with Crippen molar-refractivity contribution < 1.29 is 13.2 Å². The number of benzene rings is 2. The van der Waals surface area contributed by atoms with Gasteiger partial charge in [0.25, 0.3) is 0 Å². The van der Waals surface area contributed by atoms with Gasteiger partial charge in [-0.3, -0.25) is 14.4 Å². The van der Waals surface area contributed by atoms with E-state index in [0.29, 0.717) is 10.0 Å². The number of rotatable bonds is 6. The largest absolute Gasteiger partial charge is 0.299 e. The van der Waals surface area contributed by atoms with E-state index in [2.05, 4.69) is 15.5 Å². The van der Waals surface area contributed by atoms with Gasteiger partial charge in [0.05, 0.1) is 17.0 Å². The topological polar surface area (TPSA) is 92.3 Å². The van der Waals surface area contributed by atoms with E-state index in [1.807, 2.05) is 0 Å². The zero-order valence-electron chi connectivity index (χ0n) is 15.6. The number of aromatic nitrogens is 2. The van der Waals surface area contributed by atoms with E-state index in [9.17, 15) is 13.2 Å². The smallest absolute Gasteiger partial charge is 0.249 e. The minimum Gasteiger partial charge on any atom is -0.299 e. The molecule has 0 saturated heterocycles. The van der Waals surface area contributed by atoms with Crippen LogP contribution in [-0.2, 0) is 14.8 Å². The molecular formula is C18H15Cl3N4O3S2. The number of anilines is 2. The van der Waals surface area contributed by atoms with Gasteiger partial charge in [-0.25, -0.2) is 8.42 Å². The molecule has 1 aromatic heterocycles. The maximum atomic E-state index is 12.8. The fourth-order valence-corrected chi connectivity index (χ4v) is 5.11. The van der Waals surface area contributed by atoms with Crippen molar-refractivity contribution >= 4 is 72.9 Å². The quantitative estimate of drug-likeness (QED) is 0.511. The van der Waals surface area contributed by atoms with Crippen LogP contribution in [0.1, 0.15) is 6.92 Å². The molecule has 2 aromatic carbocycles. The predicted octanol–water partition coefficient (Wildman–Crippen LogP) is 4.96. The summed E-state index contributed by atoms with van der Waals surface area (Å²) in [6.45, 7) is 1.44. The molecule has 12 heteroatoms. The van der Waals surface area contributed by atoms with Gasteiger partial charge in [0.2, 0.25) is 21.1 Å². The molecule has 0 spiro atoms. The minimum absolute atomic E-state index is 0.105. The first-order valence-corrected chi connectivity index (χ1v) is 12.2. The van der Waals surface area contributed by atoms with Gasteiger partial charge < -0.3 is 0 Å². The Kier molecular flexibility index (Phi) is 6.88. The Hall–Kier alpha value is -1.91. The van der Waals surface area contributed by atoms with Crippen LogP contribution in [0.15, 0.2) is 42.5 Å². The lowest BCUT2D eigenvalue weighted by molar-refractivity contribution is -0.116. The number of hydrogen-bond donors (Lipinski definition) is 1. The van der Waals surface area contributed by atoms with Crippen LogP contribution in [0.3, 0.4) is 0 Å². The number of nitrogens with zero attached hydrogens (tertiary/aromatic N) is 3. The van der Waals surface area contributed by atoms with Crippen LogP contribution >= 0.6 is 46.1 Å². The Labute approximate surface area is 192 Å².